The lowest BCUT2D eigenvalue weighted by Crippen LogP contribution is -1.91. The van der Waals surface area contributed by atoms with Crippen LogP contribution in [0.4, 0.5) is 5.69 Å². The summed E-state index contributed by atoms with van der Waals surface area (Å²) in [4.78, 5) is 6.00. The first-order valence-corrected chi connectivity index (χ1v) is 4.40. The van der Waals surface area contributed by atoms with Crippen LogP contribution in [0.15, 0.2) is 17.2 Å². The molecule has 16 heavy (non-hydrogen) atoms. The standard InChI is InChI=1S/C10H10N4O2/c1-12-10-8(15-2)4-7(6-13-14-11)5-9(10)16-3/h4-5H,6H2,2-3H3/i1-1. The summed E-state index contributed by atoms with van der Waals surface area (Å²) in [6.07, 6.45) is 0. The number of benzene rings is 1. The molecule has 0 aromatic heterocycles. The lowest BCUT2D eigenvalue weighted by Gasteiger charge is -2.09. The predicted molar refractivity (Wildman–Crippen MR) is 58.7 cm³/mol. The Morgan fingerprint density at radius 3 is 2.25 bits per heavy atom. The van der Waals surface area contributed by atoms with Gasteiger partial charge in [-0.05, 0) is 23.2 Å². The average Bonchev–Trinajstić information content (AvgIpc) is 2.34. The van der Waals surface area contributed by atoms with Gasteiger partial charge in [0.05, 0.1) is 27.3 Å². The molecule has 1 rings (SSSR count). The van der Waals surface area contributed by atoms with Gasteiger partial charge in [0.25, 0.3) is 5.69 Å². The molecule has 0 radical (unpaired) electrons. The van der Waals surface area contributed by atoms with Crippen molar-refractivity contribution >= 4 is 5.69 Å². The molecular formula is C10H10N4O2. The number of hydrogen-bond acceptors (Lipinski definition) is 3. The van der Waals surface area contributed by atoms with Crippen molar-refractivity contribution in [3.05, 3.63) is 39.6 Å². The molecule has 1 aromatic carbocycles. The summed E-state index contributed by atoms with van der Waals surface area (Å²) in [6, 6.07) is 3.31. The summed E-state index contributed by atoms with van der Waals surface area (Å²) in [6.45, 7) is 7.22. The molecular weight excluding hydrogens is 207 g/mol. The van der Waals surface area contributed by atoms with Crippen LogP contribution in [0.2, 0.25) is 0 Å². The maximum Gasteiger partial charge on any atom is 0.268 e. The van der Waals surface area contributed by atoms with E-state index in [2.05, 4.69) is 14.9 Å². The number of ether oxygens (including phenoxy) is 2. The molecule has 0 aliphatic rings. The fraction of sp³-hybridized carbons (Fsp3) is 0.300. The third-order valence-corrected chi connectivity index (χ3v) is 1.97. The third-order valence-electron chi connectivity index (χ3n) is 1.97. The second-order valence-corrected chi connectivity index (χ2v) is 2.85. The molecule has 0 atom stereocenters. The Morgan fingerprint density at radius 2 is 1.88 bits per heavy atom. The molecule has 6 nitrogen and oxygen atoms in total. The van der Waals surface area contributed by atoms with Gasteiger partial charge in [-0.25, -0.2) is 4.85 Å². The number of nitrogens with zero attached hydrogens (tertiary/aromatic N) is 4. The molecule has 0 N–H and O–H groups in total. The van der Waals surface area contributed by atoms with Crippen LogP contribution >= 0.6 is 0 Å². The average molecular weight is 217 g/mol. The highest BCUT2D eigenvalue weighted by Gasteiger charge is 2.11. The minimum atomic E-state index is 0.196. The molecule has 0 saturated heterocycles. The molecule has 0 aliphatic heterocycles. The van der Waals surface area contributed by atoms with E-state index in [1.54, 1.807) is 12.1 Å². The Kier molecular flexibility index (Phi) is 4.01. The molecule has 0 aliphatic carbocycles. The third kappa shape index (κ3) is 2.35. The fourth-order valence-electron chi connectivity index (χ4n) is 1.26. The summed E-state index contributed by atoms with van der Waals surface area (Å²) in [5.74, 6) is 0.829. The highest BCUT2D eigenvalue weighted by Crippen LogP contribution is 2.38. The first kappa shape index (κ1) is 11.7. The van der Waals surface area contributed by atoms with Gasteiger partial charge in [-0.15, -0.1) is 0 Å². The molecule has 0 amide bonds. The Bertz CT molecular complexity index is 447. The van der Waals surface area contributed by atoms with Crippen LogP contribution in [0.5, 0.6) is 11.5 Å². The summed E-state index contributed by atoms with van der Waals surface area (Å²) in [7, 11) is 2.95. The van der Waals surface area contributed by atoms with E-state index < -0.39 is 0 Å². The Hall–Kier alpha value is -2.38. The monoisotopic (exact) mass is 217 g/mol. The van der Waals surface area contributed by atoms with Crippen molar-refractivity contribution in [1.29, 1.82) is 0 Å². The lowest BCUT2D eigenvalue weighted by molar-refractivity contribution is 0.398. The van der Waals surface area contributed by atoms with Gasteiger partial charge in [0, 0.05) is 4.91 Å². The summed E-state index contributed by atoms with van der Waals surface area (Å²) >= 11 is 0. The van der Waals surface area contributed by atoms with Crippen LogP contribution in [0.1, 0.15) is 5.56 Å². The number of hydrogen-bond donors (Lipinski definition) is 0. The predicted octanol–water partition coefficient (Wildman–Crippen LogP) is 3.06. The zero-order chi connectivity index (χ0) is 12.0. The second-order valence-electron chi connectivity index (χ2n) is 2.85. The van der Waals surface area contributed by atoms with Gasteiger partial charge in [-0.2, -0.15) is 0 Å². The van der Waals surface area contributed by atoms with Crippen LogP contribution in [0.3, 0.4) is 0 Å². The van der Waals surface area contributed by atoms with Crippen LogP contribution in [0.25, 0.3) is 15.3 Å². The highest BCUT2D eigenvalue weighted by atomic mass is 16.5. The van der Waals surface area contributed by atoms with E-state index in [1.165, 1.54) is 14.2 Å². The molecule has 0 saturated carbocycles. The highest BCUT2D eigenvalue weighted by molar-refractivity contribution is 5.68. The minimum Gasteiger partial charge on any atom is -0.508 e. The van der Waals surface area contributed by atoms with E-state index in [-0.39, 0.29) is 6.54 Å². The van der Waals surface area contributed by atoms with Gasteiger partial charge < -0.3 is 9.47 Å². The van der Waals surface area contributed by atoms with Crippen molar-refractivity contribution in [3.63, 3.8) is 0 Å². The minimum absolute atomic E-state index is 0.196. The van der Waals surface area contributed by atoms with Crippen LogP contribution in [-0.4, -0.2) is 14.2 Å². The Morgan fingerprint density at radius 1 is 1.31 bits per heavy atom. The van der Waals surface area contributed by atoms with Crippen molar-refractivity contribution in [3.8, 4) is 11.5 Å². The summed E-state index contributed by atoms with van der Waals surface area (Å²) < 4.78 is 10.1. The van der Waals surface area contributed by atoms with E-state index in [9.17, 15) is 0 Å². The topological polar surface area (TPSA) is 71.6 Å². The molecule has 0 spiro atoms. The van der Waals surface area contributed by atoms with Crippen molar-refractivity contribution in [1.82, 2.24) is 0 Å². The number of methoxy groups -OCH3 is 2. The molecule has 0 heterocycles. The summed E-state index contributed by atoms with van der Waals surface area (Å²) in [5.41, 5.74) is 9.28. The van der Waals surface area contributed by atoms with E-state index in [1.807, 2.05) is 0 Å². The van der Waals surface area contributed by atoms with Gasteiger partial charge in [0.15, 0.2) is 0 Å². The van der Waals surface area contributed by atoms with Crippen molar-refractivity contribution in [2.24, 2.45) is 5.11 Å². The zero-order valence-electron chi connectivity index (χ0n) is 8.97. The van der Waals surface area contributed by atoms with Crippen LogP contribution in [-0.2, 0) is 6.54 Å². The van der Waals surface area contributed by atoms with Crippen LogP contribution < -0.4 is 9.47 Å². The van der Waals surface area contributed by atoms with Gasteiger partial charge in [0.1, 0.15) is 11.5 Å². The SMILES string of the molecule is COc1cc(CN=[N+]=[N-])cc(OC)c1[N+]#[11C-]. The molecule has 0 bridgehead atoms. The Balaban J connectivity index is 3.26. The van der Waals surface area contributed by atoms with E-state index in [4.69, 9.17) is 21.6 Å². The number of rotatable bonds is 4. The van der Waals surface area contributed by atoms with Crippen molar-refractivity contribution < 1.29 is 9.47 Å². The normalized spacial score (nSPS) is 8.81. The van der Waals surface area contributed by atoms with E-state index >= 15 is 0 Å². The molecule has 6 heteroatoms. The van der Waals surface area contributed by atoms with Gasteiger partial charge in [0.2, 0.25) is 0 Å². The van der Waals surface area contributed by atoms with Crippen LogP contribution in [0, 0.1) is 6.57 Å². The van der Waals surface area contributed by atoms with E-state index in [0.29, 0.717) is 17.2 Å². The zero-order valence-corrected chi connectivity index (χ0v) is 8.97. The quantitative estimate of drug-likeness (QED) is 0.336. The molecule has 0 fully saturated rings. The maximum absolute atomic E-state index is 8.23. The van der Waals surface area contributed by atoms with Crippen molar-refractivity contribution in [2.75, 3.05) is 14.2 Å². The Labute approximate surface area is 92.9 Å². The molecule has 0 unspecified atom stereocenters. The van der Waals surface area contributed by atoms with E-state index in [0.717, 1.165) is 5.56 Å². The first-order valence-electron chi connectivity index (χ1n) is 4.40. The summed E-state index contributed by atoms with van der Waals surface area (Å²) in [5, 5.41) is 3.44. The first-order chi connectivity index (χ1) is 7.76. The van der Waals surface area contributed by atoms with Crippen molar-refractivity contribution in [2.45, 2.75) is 6.54 Å². The molecule has 82 valence electrons. The fourth-order valence-corrected chi connectivity index (χ4v) is 1.26. The van der Waals surface area contributed by atoms with Gasteiger partial charge in [-0.3, -0.25) is 0 Å². The molecule has 1 aromatic rings. The number of azide groups is 1. The maximum atomic E-state index is 8.23. The smallest absolute Gasteiger partial charge is 0.268 e. The largest absolute Gasteiger partial charge is 0.508 e. The second kappa shape index (κ2) is 5.49. The lowest BCUT2D eigenvalue weighted by atomic mass is 10.1. The van der Waals surface area contributed by atoms with Gasteiger partial charge >= 0.3 is 0 Å². The van der Waals surface area contributed by atoms with Gasteiger partial charge in [-0.1, -0.05) is 5.11 Å².